The Bertz CT molecular complexity index is 953. The van der Waals surface area contributed by atoms with E-state index in [-0.39, 0.29) is 10.9 Å². The summed E-state index contributed by atoms with van der Waals surface area (Å²) in [6.45, 7) is 1.83. The Kier molecular flexibility index (Phi) is 4.55. The van der Waals surface area contributed by atoms with Gasteiger partial charge in [-0.15, -0.1) is 0 Å². The van der Waals surface area contributed by atoms with Crippen molar-refractivity contribution in [1.29, 1.82) is 0 Å². The van der Waals surface area contributed by atoms with E-state index in [1.165, 1.54) is 0 Å². The Hall–Kier alpha value is -2.37. The van der Waals surface area contributed by atoms with Gasteiger partial charge in [0, 0.05) is 6.04 Å². The van der Waals surface area contributed by atoms with Gasteiger partial charge in [-0.3, -0.25) is 0 Å². The maximum Gasteiger partial charge on any atom is 0.241 e. The molecule has 4 nitrogen and oxygen atoms in total. The van der Waals surface area contributed by atoms with Gasteiger partial charge in [0.15, 0.2) is 0 Å². The first-order valence-electron chi connectivity index (χ1n) is 7.65. The molecule has 1 atom stereocenters. The largest absolute Gasteiger partial charge is 0.497 e. The SMILES string of the molecule is COc1ccc2cc(S(=O)(=O)N[C@H](C)c3ccccc3)ccc2c1. The molecule has 24 heavy (non-hydrogen) atoms. The zero-order valence-corrected chi connectivity index (χ0v) is 14.4. The normalized spacial score (nSPS) is 12.9. The number of methoxy groups -OCH3 is 1. The van der Waals surface area contributed by atoms with Crippen LogP contribution in [-0.4, -0.2) is 15.5 Å². The van der Waals surface area contributed by atoms with Gasteiger partial charge in [-0.2, -0.15) is 0 Å². The lowest BCUT2D eigenvalue weighted by atomic mass is 10.1. The Labute approximate surface area is 142 Å². The molecule has 0 spiro atoms. The van der Waals surface area contributed by atoms with E-state index in [1.54, 1.807) is 25.3 Å². The van der Waals surface area contributed by atoms with Crippen LogP contribution >= 0.6 is 0 Å². The summed E-state index contributed by atoms with van der Waals surface area (Å²) in [5, 5.41) is 1.79. The molecule has 124 valence electrons. The molecule has 0 saturated heterocycles. The Morgan fingerprint density at radius 1 is 0.917 bits per heavy atom. The Balaban J connectivity index is 1.90. The van der Waals surface area contributed by atoms with Gasteiger partial charge in [0.05, 0.1) is 12.0 Å². The lowest BCUT2D eigenvalue weighted by molar-refractivity contribution is 0.415. The van der Waals surface area contributed by atoms with Crippen LogP contribution in [0, 0.1) is 0 Å². The molecular formula is C19H19NO3S. The Morgan fingerprint density at radius 3 is 2.29 bits per heavy atom. The lowest BCUT2D eigenvalue weighted by Gasteiger charge is -2.15. The number of nitrogens with one attached hydrogen (secondary N) is 1. The first-order valence-corrected chi connectivity index (χ1v) is 9.13. The molecule has 3 rings (SSSR count). The third-order valence-corrected chi connectivity index (χ3v) is 5.50. The van der Waals surface area contributed by atoms with E-state index in [0.29, 0.717) is 0 Å². The maximum absolute atomic E-state index is 12.6. The molecule has 1 N–H and O–H groups in total. The highest BCUT2D eigenvalue weighted by molar-refractivity contribution is 7.89. The van der Waals surface area contributed by atoms with Gasteiger partial charge in [-0.05, 0) is 47.5 Å². The molecule has 3 aromatic carbocycles. The first-order chi connectivity index (χ1) is 11.5. The standard InChI is InChI=1S/C19H19NO3S/c1-14(15-6-4-3-5-7-15)20-24(21,22)19-11-9-16-12-18(23-2)10-8-17(16)13-19/h3-14,20H,1-2H3/t14-/m1/s1. The third-order valence-electron chi connectivity index (χ3n) is 3.96. The quantitative estimate of drug-likeness (QED) is 0.766. The Morgan fingerprint density at radius 2 is 1.58 bits per heavy atom. The lowest BCUT2D eigenvalue weighted by Crippen LogP contribution is -2.26. The van der Waals surface area contributed by atoms with Crippen molar-refractivity contribution >= 4 is 20.8 Å². The van der Waals surface area contributed by atoms with E-state index in [2.05, 4.69) is 4.72 Å². The smallest absolute Gasteiger partial charge is 0.241 e. The van der Waals surface area contributed by atoms with Crippen LogP contribution in [0.2, 0.25) is 0 Å². The van der Waals surface area contributed by atoms with Gasteiger partial charge >= 0.3 is 0 Å². The average molecular weight is 341 g/mol. The van der Waals surface area contributed by atoms with Gasteiger partial charge in [-0.1, -0.05) is 42.5 Å². The van der Waals surface area contributed by atoms with Crippen LogP contribution in [0.1, 0.15) is 18.5 Å². The van der Waals surface area contributed by atoms with Crippen molar-refractivity contribution in [2.75, 3.05) is 7.11 Å². The van der Waals surface area contributed by atoms with Crippen molar-refractivity contribution in [3.8, 4) is 5.75 Å². The number of hydrogen-bond acceptors (Lipinski definition) is 3. The van der Waals surface area contributed by atoms with Crippen molar-refractivity contribution in [1.82, 2.24) is 4.72 Å². The van der Waals surface area contributed by atoms with Crippen LogP contribution in [0.25, 0.3) is 10.8 Å². The predicted molar refractivity (Wildman–Crippen MR) is 95.7 cm³/mol. The highest BCUT2D eigenvalue weighted by Crippen LogP contribution is 2.24. The zero-order chi connectivity index (χ0) is 17.2. The molecule has 5 heteroatoms. The summed E-state index contributed by atoms with van der Waals surface area (Å²) >= 11 is 0. The molecule has 0 bridgehead atoms. The summed E-state index contributed by atoms with van der Waals surface area (Å²) in [7, 11) is -1.99. The van der Waals surface area contributed by atoms with Crippen LogP contribution < -0.4 is 9.46 Å². The van der Waals surface area contributed by atoms with Gasteiger partial charge < -0.3 is 4.74 Å². The van der Waals surface area contributed by atoms with Crippen LogP contribution in [0.3, 0.4) is 0 Å². The second kappa shape index (κ2) is 6.63. The van der Waals surface area contributed by atoms with Crippen molar-refractivity contribution in [3.63, 3.8) is 0 Å². The number of ether oxygens (including phenoxy) is 1. The van der Waals surface area contributed by atoms with Crippen molar-refractivity contribution in [3.05, 3.63) is 72.3 Å². The topological polar surface area (TPSA) is 55.4 Å². The van der Waals surface area contributed by atoms with Crippen LogP contribution in [-0.2, 0) is 10.0 Å². The molecular weight excluding hydrogens is 322 g/mol. The minimum atomic E-state index is -3.60. The molecule has 0 aromatic heterocycles. The molecule has 0 unspecified atom stereocenters. The van der Waals surface area contributed by atoms with Crippen LogP contribution in [0.15, 0.2) is 71.6 Å². The second-order valence-electron chi connectivity index (χ2n) is 5.63. The minimum absolute atomic E-state index is 0.253. The second-order valence-corrected chi connectivity index (χ2v) is 7.34. The molecule has 0 heterocycles. The number of fused-ring (bicyclic) bond motifs is 1. The fraction of sp³-hybridized carbons (Fsp3) is 0.158. The number of hydrogen-bond donors (Lipinski definition) is 1. The fourth-order valence-electron chi connectivity index (χ4n) is 2.61. The highest BCUT2D eigenvalue weighted by atomic mass is 32.2. The van der Waals surface area contributed by atoms with Crippen molar-refractivity contribution in [2.45, 2.75) is 17.9 Å². The number of benzene rings is 3. The highest BCUT2D eigenvalue weighted by Gasteiger charge is 2.18. The van der Waals surface area contributed by atoms with Crippen molar-refractivity contribution < 1.29 is 13.2 Å². The fourth-order valence-corrected chi connectivity index (χ4v) is 3.87. The van der Waals surface area contributed by atoms with Crippen LogP contribution in [0.5, 0.6) is 5.75 Å². The first kappa shape index (κ1) is 16.5. The number of rotatable bonds is 5. The van der Waals surface area contributed by atoms with Gasteiger partial charge in [0.25, 0.3) is 0 Å². The average Bonchev–Trinajstić information content (AvgIpc) is 2.61. The summed E-state index contributed by atoms with van der Waals surface area (Å²) in [6.07, 6.45) is 0. The summed E-state index contributed by atoms with van der Waals surface area (Å²) in [6, 6.07) is 19.8. The summed E-state index contributed by atoms with van der Waals surface area (Å²) in [5.41, 5.74) is 0.923. The molecule has 0 aliphatic carbocycles. The van der Waals surface area contributed by atoms with E-state index >= 15 is 0 Å². The summed E-state index contributed by atoms with van der Waals surface area (Å²) in [5.74, 6) is 0.744. The van der Waals surface area contributed by atoms with Gasteiger partial charge in [0.1, 0.15) is 5.75 Å². The van der Waals surface area contributed by atoms with E-state index in [0.717, 1.165) is 22.1 Å². The molecule has 0 saturated carbocycles. The molecule has 3 aromatic rings. The van der Waals surface area contributed by atoms with E-state index < -0.39 is 10.0 Å². The predicted octanol–water partition coefficient (Wildman–Crippen LogP) is 3.89. The zero-order valence-electron chi connectivity index (χ0n) is 13.6. The number of sulfonamides is 1. The molecule has 0 aliphatic rings. The van der Waals surface area contributed by atoms with E-state index in [9.17, 15) is 8.42 Å². The van der Waals surface area contributed by atoms with E-state index in [1.807, 2.05) is 55.5 Å². The minimum Gasteiger partial charge on any atom is -0.497 e. The van der Waals surface area contributed by atoms with Gasteiger partial charge in [-0.25, -0.2) is 13.1 Å². The third kappa shape index (κ3) is 3.42. The van der Waals surface area contributed by atoms with Gasteiger partial charge in [0.2, 0.25) is 10.0 Å². The van der Waals surface area contributed by atoms with Crippen LogP contribution in [0.4, 0.5) is 0 Å². The monoisotopic (exact) mass is 341 g/mol. The molecule has 0 radical (unpaired) electrons. The van der Waals surface area contributed by atoms with E-state index in [4.69, 9.17) is 4.74 Å². The summed E-state index contributed by atoms with van der Waals surface area (Å²) in [4.78, 5) is 0.253. The molecule has 0 amide bonds. The molecule has 0 fully saturated rings. The molecule has 0 aliphatic heterocycles. The summed E-state index contributed by atoms with van der Waals surface area (Å²) < 4.78 is 33.2. The maximum atomic E-state index is 12.6. The van der Waals surface area contributed by atoms with Crippen molar-refractivity contribution in [2.24, 2.45) is 0 Å².